The Morgan fingerprint density at radius 3 is 0.664 bits per heavy atom. The predicted molar refractivity (Wildman–Crippen MR) is 487 cm³/mol. The third-order valence-corrected chi connectivity index (χ3v) is 19.5. The fourth-order valence-corrected chi connectivity index (χ4v) is 14.4. The molecule has 12 heteroatoms. The normalized spacial score (nSPS) is 9.98. The topological polar surface area (TPSA) is 131 Å². The zero-order valence-corrected chi connectivity index (χ0v) is 65.2. The Morgan fingerprint density at radius 2 is 0.436 bits per heavy atom. The van der Waals surface area contributed by atoms with Gasteiger partial charge in [0.15, 0.2) is 0 Å². The van der Waals surface area contributed by atoms with E-state index >= 15 is 0 Å². The summed E-state index contributed by atoms with van der Waals surface area (Å²) < 4.78 is 3.93. The van der Waals surface area contributed by atoms with Crippen molar-refractivity contribution in [1.82, 2.24) is 0 Å². The van der Waals surface area contributed by atoms with Gasteiger partial charge in [-0.05, 0) is 177 Å². The van der Waals surface area contributed by atoms with E-state index in [1.54, 1.807) is 24.3 Å². The summed E-state index contributed by atoms with van der Waals surface area (Å²) in [6.07, 6.45) is 0. The second-order valence-electron chi connectivity index (χ2n) is 24.6. The van der Waals surface area contributed by atoms with Crippen molar-refractivity contribution in [1.29, 1.82) is 0 Å². The Balaban J connectivity index is 0.000000177. The maximum absolute atomic E-state index is 8.58. The monoisotopic (exact) mass is 1700 g/mol. The fourth-order valence-electron chi connectivity index (χ4n) is 11.9. The van der Waals surface area contributed by atoms with Crippen molar-refractivity contribution in [2.75, 3.05) is 22.5 Å². The quantitative estimate of drug-likeness (QED) is 0.0534. The van der Waals surface area contributed by atoms with Crippen molar-refractivity contribution in [3.05, 3.63) is 430 Å². The molecule has 0 spiro atoms. The Labute approximate surface area is 681 Å². The minimum atomic E-state index is -1.34. The van der Waals surface area contributed by atoms with E-state index < -0.39 is 7.12 Å². The highest BCUT2D eigenvalue weighted by Crippen LogP contribution is 2.44. The molecule has 0 aliphatic carbocycles. The molecule has 0 saturated carbocycles. The van der Waals surface area contributed by atoms with Gasteiger partial charge in [0.25, 0.3) is 0 Å². The molecular weight excluding hydrogens is 1610 g/mol. The molecule has 0 atom stereocenters. The van der Waals surface area contributed by atoms with Crippen LogP contribution in [0.25, 0.3) is 100 Å². The van der Waals surface area contributed by atoms with Gasteiger partial charge in [-0.2, -0.15) is 0 Å². The van der Waals surface area contributed by atoms with Gasteiger partial charge in [0.05, 0.1) is 11.4 Å². The van der Waals surface area contributed by atoms with Crippen molar-refractivity contribution in [2.45, 2.75) is 14.9 Å². The maximum atomic E-state index is 8.58. The standard InChI is InChI=1S/C30H23N.2C24H19N.C6H7BO2.C6H4Br3N.C6H5Br.2CH4.FH/c1-5-13-23(14-6-1)26-21-28(24-15-7-2-8-16-24)30(31-27-19-11-4-12-20-27)29(22-26)25-17-9-3-10-18-25;2*25-24-22(19-12-6-2-7-13-19)16-21(18-10-4-1-5-11-18)17-23(24)20-14-8-3-9-15-20;8-7(9)6-4-2-1-3-5-6;7-3-1-4(8)6(10)5(9)2-3;7-6-4-2-1-3-5-6;;;/h1-22,31H;2*1-17H,25H2;1-5,8-9H;1-2H,10H2;1-5H;2*1H4;1H. The van der Waals surface area contributed by atoms with E-state index in [2.05, 4.69) is 318 Å². The molecule has 16 aromatic rings. The maximum Gasteiger partial charge on any atom is 0.488 e. The lowest BCUT2D eigenvalue weighted by Crippen LogP contribution is -2.29. The summed E-state index contributed by atoms with van der Waals surface area (Å²) in [5, 5.41) is 20.9. The first-order valence-corrected chi connectivity index (χ1v) is 37.9. The zero-order valence-electron chi connectivity index (χ0n) is 58.9. The lowest BCUT2D eigenvalue weighted by Gasteiger charge is -2.20. The van der Waals surface area contributed by atoms with E-state index in [4.69, 9.17) is 27.2 Å². The Kier molecular flexibility index (Phi) is 33.3. The summed E-state index contributed by atoms with van der Waals surface area (Å²) in [7, 11) is -1.34. The number of hydrogen-bond donors (Lipinski definition) is 6. The summed E-state index contributed by atoms with van der Waals surface area (Å²) in [6, 6.07) is 140. The highest BCUT2D eigenvalue weighted by Gasteiger charge is 2.18. The lowest BCUT2D eigenvalue weighted by atomic mass is 9.81. The second kappa shape index (κ2) is 43.5. The molecule has 9 N–H and O–H groups in total. The van der Waals surface area contributed by atoms with Gasteiger partial charge in [-0.15, -0.1) is 0 Å². The van der Waals surface area contributed by atoms with Crippen molar-refractivity contribution >= 4 is 105 Å². The molecule has 110 heavy (non-hydrogen) atoms. The average molecular weight is 1700 g/mol. The van der Waals surface area contributed by atoms with E-state index in [9.17, 15) is 0 Å². The van der Waals surface area contributed by atoms with Crippen LogP contribution in [0.1, 0.15) is 14.9 Å². The van der Waals surface area contributed by atoms with Crippen molar-refractivity contribution < 1.29 is 14.8 Å². The van der Waals surface area contributed by atoms with Crippen LogP contribution in [0.15, 0.2) is 430 Å². The molecule has 0 amide bonds. The van der Waals surface area contributed by atoms with Crippen molar-refractivity contribution in [2.24, 2.45) is 0 Å². The van der Waals surface area contributed by atoms with E-state index in [0.717, 1.165) is 90.8 Å². The first-order chi connectivity index (χ1) is 52.3. The molecule has 16 aromatic carbocycles. The van der Waals surface area contributed by atoms with Gasteiger partial charge >= 0.3 is 7.12 Å². The second-order valence-corrected chi connectivity index (χ2v) is 28.1. The van der Waals surface area contributed by atoms with Gasteiger partial charge < -0.3 is 32.6 Å². The summed E-state index contributed by atoms with van der Waals surface area (Å²) in [5.41, 5.74) is 44.6. The molecular formula is C98H86BBr4FN4O2. The molecule has 0 aliphatic heterocycles. The SMILES string of the molecule is Brc1ccccc1.C.C.F.Nc1c(-c2ccccc2)cc(-c2ccccc2)cc1-c1ccccc1.Nc1c(-c2ccccc2)cc(-c2ccccc2)cc1-c1ccccc1.Nc1c(Br)cc(Br)cc1Br.OB(O)c1ccccc1.c1ccc(Nc2c(-c3ccccc3)cc(-c3ccccc3)cc2-c2ccccc2)cc1. The van der Waals surface area contributed by atoms with Gasteiger partial charge in [0, 0.05) is 68.3 Å². The molecule has 16 rings (SSSR count). The van der Waals surface area contributed by atoms with Crippen LogP contribution in [-0.4, -0.2) is 17.2 Å². The molecule has 0 unspecified atom stereocenters. The van der Waals surface area contributed by atoms with Crippen molar-refractivity contribution in [3.63, 3.8) is 0 Å². The molecule has 0 aromatic heterocycles. The number of hydrogen-bond acceptors (Lipinski definition) is 6. The van der Waals surface area contributed by atoms with Crippen LogP contribution in [0.3, 0.4) is 0 Å². The molecule has 548 valence electrons. The highest BCUT2D eigenvalue weighted by atomic mass is 79.9. The molecule has 0 heterocycles. The Morgan fingerprint density at radius 1 is 0.227 bits per heavy atom. The van der Waals surface area contributed by atoms with E-state index in [0.29, 0.717) is 5.46 Å². The summed E-state index contributed by atoms with van der Waals surface area (Å²) in [5.74, 6) is 0. The van der Waals surface area contributed by atoms with Crippen LogP contribution < -0.4 is 28.0 Å². The number of para-hydroxylation sites is 1. The van der Waals surface area contributed by atoms with Gasteiger partial charge in [-0.1, -0.05) is 386 Å². The number of halogens is 5. The predicted octanol–water partition coefficient (Wildman–Crippen LogP) is 27.8. The molecule has 0 fully saturated rings. The third-order valence-electron chi connectivity index (χ3n) is 17.2. The Hall–Kier alpha value is -11.4. The summed E-state index contributed by atoms with van der Waals surface area (Å²) in [4.78, 5) is 0. The van der Waals surface area contributed by atoms with Gasteiger partial charge in [0.2, 0.25) is 0 Å². The largest absolute Gasteiger partial charge is 0.488 e. The summed E-state index contributed by atoms with van der Waals surface area (Å²) in [6.45, 7) is 0. The van der Waals surface area contributed by atoms with E-state index in [-0.39, 0.29) is 19.6 Å². The first kappa shape index (κ1) is 84.2. The van der Waals surface area contributed by atoms with E-state index in [1.165, 1.54) is 55.6 Å². The number of nitrogens with two attached hydrogens (primary N) is 3. The molecule has 0 radical (unpaired) electrons. The lowest BCUT2D eigenvalue weighted by molar-refractivity contribution is 0.426. The number of nitrogen functional groups attached to an aromatic ring is 3. The zero-order chi connectivity index (χ0) is 74.5. The number of nitrogens with one attached hydrogen (secondary N) is 1. The summed E-state index contributed by atoms with van der Waals surface area (Å²) >= 11 is 13.3. The molecule has 0 bridgehead atoms. The van der Waals surface area contributed by atoms with Crippen LogP contribution in [0.5, 0.6) is 0 Å². The molecule has 0 saturated heterocycles. The minimum absolute atomic E-state index is 0. The average Bonchev–Trinajstić information content (AvgIpc) is 0.789. The van der Waals surface area contributed by atoms with Gasteiger partial charge in [-0.3, -0.25) is 4.70 Å². The van der Waals surface area contributed by atoms with Crippen LogP contribution in [-0.2, 0) is 0 Å². The van der Waals surface area contributed by atoms with Crippen LogP contribution in [0.2, 0.25) is 0 Å². The first-order valence-electron chi connectivity index (χ1n) is 34.7. The van der Waals surface area contributed by atoms with Gasteiger partial charge in [0.1, 0.15) is 0 Å². The van der Waals surface area contributed by atoms with Gasteiger partial charge in [-0.25, -0.2) is 0 Å². The molecule has 0 aliphatic rings. The van der Waals surface area contributed by atoms with Crippen LogP contribution >= 0.6 is 63.7 Å². The van der Waals surface area contributed by atoms with Crippen molar-refractivity contribution in [3.8, 4) is 100 Å². The highest BCUT2D eigenvalue weighted by molar-refractivity contribution is 9.11. The third kappa shape index (κ3) is 23.8. The molecule has 6 nitrogen and oxygen atoms in total. The smallest absolute Gasteiger partial charge is 0.423 e. The fraction of sp³-hybridized carbons (Fsp3) is 0.0204. The minimum Gasteiger partial charge on any atom is -0.423 e. The number of rotatable bonds is 12. The Bertz CT molecular complexity index is 5000. The van der Waals surface area contributed by atoms with E-state index in [1.807, 2.05) is 140 Å². The van der Waals surface area contributed by atoms with Crippen LogP contribution in [0.4, 0.5) is 33.1 Å². The van der Waals surface area contributed by atoms with Crippen LogP contribution in [0, 0.1) is 0 Å². The number of anilines is 5. The number of benzene rings is 16.